The zero-order valence-electron chi connectivity index (χ0n) is 8.46. The molecule has 1 fully saturated rings. The Hall–Kier alpha value is 0.270. The van der Waals surface area contributed by atoms with Crippen molar-refractivity contribution in [2.24, 2.45) is 0 Å². The number of aliphatic hydroxyl groups excluding tert-OH is 1. The van der Waals surface area contributed by atoms with Gasteiger partial charge < -0.3 is 10.4 Å². The van der Waals surface area contributed by atoms with Crippen LogP contribution in [0.4, 0.5) is 0 Å². The number of thioether (sulfide) groups is 1. The van der Waals surface area contributed by atoms with E-state index in [1.165, 1.54) is 25.7 Å². The molecule has 0 aromatic rings. The molecule has 13 heavy (non-hydrogen) atoms. The van der Waals surface area contributed by atoms with Crippen LogP contribution in [0.3, 0.4) is 0 Å². The molecule has 0 bridgehead atoms. The van der Waals surface area contributed by atoms with E-state index in [9.17, 15) is 0 Å². The van der Waals surface area contributed by atoms with Crippen molar-refractivity contribution < 1.29 is 5.11 Å². The summed E-state index contributed by atoms with van der Waals surface area (Å²) in [5.41, 5.74) is 0. The van der Waals surface area contributed by atoms with Crippen molar-refractivity contribution in [2.75, 3.05) is 19.4 Å². The van der Waals surface area contributed by atoms with E-state index in [0.29, 0.717) is 6.61 Å². The van der Waals surface area contributed by atoms with Gasteiger partial charge in [0.1, 0.15) is 0 Å². The second-order valence-electron chi connectivity index (χ2n) is 3.72. The van der Waals surface area contributed by atoms with E-state index in [1.807, 2.05) is 11.8 Å². The minimum Gasteiger partial charge on any atom is -0.396 e. The molecule has 2 atom stereocenters. The third-order valence-electron chi connectivity index (χ3n) is 2.69. The summed E-state index contributed by atoms with van der Waals surface area (Å²) in [6, 6.07) is 0.736. The van der Waals surface area contributed by atoms with Gasteiger partial charge >= 0.3 is 0 Å². The summed E-state index contributed by atoms with van der Waals surface area (Å²) >= 11 is 2.04. The van der Waals surface area contributed by atoms with Crippen molar-refractivity contribution >= 4 is 11.8 Å². The molecule has 78 valence electrons. The Morgan fingerprint density at radius 2 is 2.31 bits per heavy atom. The fourth-order valence-electron chi connectivity index (χ4n) is 1.87. The Morgan fingerprint density at radius 1 is 1.46 bits per heavy atom. The van der Waals surface area contributed by atoms with Gasteiger partial charge in [0.2, 0.25) is 0 Å². The number of aliphatic hydroxyl groups is 1. The van der Waals surface area contributed by atoms with Crippen LogP contribution in [0.1, 0.15) is 32.1 Å². The van der Waals surface area contributed by atoms with Gasteiger partial charge in [-0.05, 0) is 38.5 Å². The molecule has 0 heterocycles. The van der Waals surface area contributed by atoms with Crippen LogP contribution in [0.15, 0.2) is 0 Å². The smallest absolute Gasteiger partial charge is 0.0438 e. The predicted molar refractivity (Wildman–Crippen MR) is 59.3 cm³/mol. The highest BCUT2D eigenvalue weighted by Gasteiger charge is 2.20. The van der Waals surface area contributed by atoms with Gasteiger partial charge in [-0.25, -0.2) is 0 Å². The second-order valence-corrected chi connectivity index (χ2v) is 5.13. The van der Waals surface area contributed by atoms with E-state index in [1.54, 1.807) is 0 Å². The maximum Gasteiger partial charge on any atom is 0.0438 e. The van der Waals surface area contributed by atoms with Gasteiger partial charge in [-0.2, -0.15) is 11.8 Å². The summed E-state index contributed by atoms with van der Waals surface area (Å²) in [6.07, 6.45) is 6.34. The molecule has 0 aliphatic heterocycles. The van der Waals surface area contributed by atoms with Crippen molar-refractivity contribution in [3.05, 3.63) is 0 Å². The van der Waals surface area contributed by atoms with Crippen molar-refractivity contribution in [3.63, 3.8) is 0 Å². The average molecular weight is 203 g/mol. The van der Waals surface area contributed by atoms with Crippen molar-refractivity contribution in [2.45, 2.75) is 43.4 Å². The molecule has 1 rings (SSSR count). The summed E-state index contributed by atoms with van der Waals surface area (Å²) in [4.78, 5) is 0. The number of rotatable bonds is 5. The largest absolute Gasteiger partial charge is 0.396 e. The average Bonchev–Trinajstić information content (AvgIpc) is 2.19. The third kappa shape index (κ3) is 4.34. The summed E-state index contributed by atoms with van der Waals surface area (Å²) in [5.74, 6) is 1.12. The van der Waals surface area contributed by atoms with E-state index < -0.39 is 0 Å². The normalized spacial score (nSPS) is 29.1. The molecule has 2 nitrogen and oxygen atoms in total. The van der Waals surface area contributed by atoms with Gasteiger partial charge in [0.25, 0.3) is 0 Å². The van der Waals surface area contributed by atoms with E-state index in [0.717, 1.165) is 23.5 Å². The molecule has 1 aliphatic carbocycles. The van der Waals surface area contributed by atoms with Gasteiger partial charge in [0.05, 0.1) is 0 Å². The molecule has 2 unspecified atom stereocenters. The summed E-state index contributed by atoms with van der Waals surface area (Å²) < 4.78 is 0. The maximum absolute atomic E-state index is 8.67. The first kappa shape index (κ1) is 11.3. The summed E-state index contributed by atoms with van der Waals surface area (Å²) in [7, 11) is 2.06. The highest BCUT2D eigenvalue weighted by atomic mass is 32.2. The summed E-state index contributed by atoms with van der Waals surface area (Å²) in [5, 5.41) is 12.9. The lowest BCUT2D eigenvalue weighted by Gasteiger charge is -2.28. The van der Waals surface area contributed by atoms with Gasteiger partial charge in [0.15, 0.2) is 0 Å². The highest BCUT2D eigenvalue weighted by molar-refractivity contribution is 7.99. The number of nitrogens with one attached hydrogen (secondary N) is 1. The SMILES string of the molecule is CNC1CCCC(SCCCO)C1. The molecule has 0 spiro atoms. The van der Waals surface area contributed by atoms with Gasteiger partial charge in [-0.1, -0.05) is 6.42 Å². The lowest BCUT2D eigenvalue weighted by Crippen LogP contribution is -2.32. The molecule has 1 saturated carbocycles. The quantitative estimate of drug-likeness (QED) is 0.666. The van der Waals surface area contributed by atoms with Crippen LogP contribution in [0.25, 0.3) is 0 Å². The first-order valence-corrected chi connectivity index (χ1v) is 6.31. The van der Waals surface area contributed by atoms with Crippen molar-refractivity contribution in [1.29, 1.82) is 0 Å². The van der Waals surface area contributed by atoms with Gasteiger partial charge in [-0.3, -0.25) is 0 Å². The first-order chi connectivity index (χ1) is 6.36. The van der Waals surface area contributed by atoms with Crippen LogP contribution in [0.5, 0.6) is 0 Å². The minimum absolute atomic E-state index is 0.342. The minimum atomic E-state index is 0.342. The Bertz CT molecular complexity index is 132. The van der Waals surface area contributed by atoms with Crippen LogP contribution >= 0.6 is 11.8 Å². The molecule has 0 saturated heterocycles. The van der Waals surface area contributed by atoms with Crippen LogP contribution in [-0.4, -0.2) is 35.8 Å². The first-order valence-electron chi connectivity index (χ1n) is 5.26. The monoisotopic (exact) mass is 203 g/mol. The Labute approximate surface area is 85.5 Å². The van der Waals surface area contributed by atoms with E-state index in [2.05, 4.69) is 12.4 Å². The highest BCUT2D eigenvalue weighted by Crippen LogP contribution is 2.28. The van der Waals surface area contributed by atoms with Crippen molar-refractivity contribution in [3.8, 4) is 0 Å². The molecule has 0 aromatic carbocycles. The topological polar surface area (TPSA) is 32.3 Å². The molecule has 0 aromatic heterocycles. The zero-order valence-corrected chi connectivity index (χ0v) is 9.28. The molecular weight excluding hydrogens is 182 g/mol. The molecule has 1 aliphatic rings. The van der Waals surface area contributed by atoms with Gasteiger partial charge in [0, 0.05) is 17.9 Å². The van der Waals surface area contributed by atoms with Crippen LogP contribution in [-0.2, 0) is 0 Å². The molecule has 3 heteroatoms. The molecular formula is C10H21NOS. The fraction of sp³-hybridized carbons (Fsp3) is 1.00. The molecule has 0 radical (unpaired) electrons. The summed E-state index contributed by atoms with van der Waals surface area (Å²) in [6.45, 7) is 0.342. The third-order valence-corrected chi connectivity index (χ3v) is 4.11. The fourth-order valence-corrected chi connectivity index (χ4v) is 3.20. The lowest BCUT2D eigenvalue weighted by atomic mass is 9.95. The predicted octanol–water partition coefficient (Wildman–Crippen LogP) is 1.63. The van der Waals surface area contributed by atoms with Crippen LogP contribution < -0.4 is 5.32 Å². The number of hydrogen-bond acceptors (Lipinski definition) is 3. The molecule has 2 N–H and O–H groups in total. The standard InChI is InChI=1S/C10H21NOS/c1-11-9-4-2-5-10(8-9)13-7-3-6-12/h9-12H,2-8H2,1H3. The second kappa shape index (κ2) is 6.68. The van der Waals surface area contributed by atoms with Gasteiger partial charge in [-0.15, -0.1) is 0 Å². The Morgan fingerprint density at radius 3 is 3.00 bits per heavy atom. The zero-order chi connectivity index (χ0) is 9.52. The Kier molecular flexibility index (Phi) is 5.83. The van der Waals surface area contributed by atoms with Crippen molar-refractivity contribution in [1.82, 2.24) is 5.32 Å². The van der Waals surface area contributed by atoms with Crippen LogP contribution in [0.2, 0.25) is 0 Å². The Balaban J connectivity index is 2.11. The van der Waals surface area contributed by atoms with E-state index in [4.69, 9.17) is 5.11 Å². The lowest BCUT2D eigenvalue weighted by molar-refractivity contribution is 0.296. The van der Waals surface area contributed by atoms with E-state index >= 15 is 0 Å². The molecule has 0 amide bonds. The maximum atomic E-state index is 8.67. The number of hydrogen-bond donors (Lipinski definition) is 2. The van der Waals surface area contributed by atoms with E-state index in [-0.39, 0.29) is 0 Å². The van der Waals surface area contributed by atoms with Crippen LogP contribution in [0, 0.1) is 0 Å².